The molecular formula is C18H20Cl2N2O2. The number of aliphatic hydroxyl groups is 1. The third-order valence-corrected chi connectivity index (χ3v) is 4.97. The lowest BCUT2D eigenvalue weighted by atomic mass is 10.1. The fourth-order valence-electron chi connectivity index (χ4n) is 2.88. The van der Waals surface area contributed by atoms with Crippen LogP contribution in [-0.2, 0) is 0 Å². The van der Waals surface area contributed by atoms with E-state index in [0.717, 1.165) is 37.2 Å². The lowest BCUT2D eigenvalue weighted by Crippen LogP contribution is -2.40. The van der Waals surface area contributed by atoms with Crippen molar-refractivity contribution in [1.29, 1.82) is 0 Å². The third kappa shape index (κ3) is 4.61. The van der Waals surface area contributed by atoms with Crippen LogP contribution < -0.4 is 4.74 Å². The Morgan fingerprint density at radius 2 is 2.00 bits per heavy atom. The molecule has 1 atom stereocenters. The zero-order chi connectivity index (χ0) is 16.9. The molecule has 0 saturated carbocycles. The quantitative estimate of drug-likeness (QED) is 0.869. The zero-order valence-corrected chi connectivity index (χ0v) is 14.7. The van der Waals surface area contributed by atoms with Crippen molar-refractivity contribution in [3.05, 3.63) is 58.3 Å². The van der Waals surface area contributed by atoms with Crippen molar-refractivity contribution in [2.45, 2.75) is 25.0 Å². The van der Waals surface area contributed by atoms with Gasteiger partial charge in [-0.25, -0.2) is 0 Å². The van der Waals surface area contributed by atoms with Crippen LogP contribution in [0.25, 0.3) is 0 Å². The average Bonchev–Trinajstić information content (AvgIpc) is 2.61. The van der Waals surface area contributed by atoms with Gasteiger partial charge in [-0.1, -0.05) is 29.3 Å². The first-order chi connectivity index (χ1) is 11.6. The summed E-state index contributed by atoms with van der Waals surface area (Å²) < 4.78 is 5.99. The van der Waals surface area contributed by atoms with Gasteiger partial charge in [-0.2, -0.15) is 0 Å². The zero-order valence-electron chi connectivity index (χ0n) is 13.2. The van der Waals surface area contributed by atoms with Crippen molar-refractivity contribution in [2.75, 3.05) is 19.6 Å². The second-order valence-corrected chi connectivity index (χ2v) is 6.81. The van der Waals surface area contributed by atoms with E-state index < -0.39 is 6.10 Å². The number of hydrogen-bond acceptors (Lipinski definition) is 4. The number of benzene rings is 1. The van der Waals surface area contributed by atoms with Gasteiger partial charge in [-0.15, -0.1) is 0 Å². The number of aliphatic hydroxyl groups excluding tert-OH is 1. The van der Waals surface area contributed by atoms with E-state index in [1.54, 1.807) is 24.5 Å². The molecule has 0 bridgehead atoms. The Balaban J connectivity index is 1.48. The molecule has 24 heavy (non-hydrogen) atoms. The van der Waals surface area contributed by atoms with Gasteiger partial charge >= 0.3 is 0 Å². The predicted octanol–water partition coefficient (Wildman–Crippen LogP) is 3.97. The Bertz CT molecular complexity index is 661. The first kappa shape index (κ1) is 17.5. The summed E-state index contributed by atoms with van der Waals surface area (Å²) in [4.78, 5) is 6.31. The molecule has 1 N–H and O–H groups in total. The van der Waals surface area contributed by atoms with Gasteiger partial charge in [0.05, 0.1) is 16.1 Å². The predicted molar refractivity (Wildman–Crippen MR) is 95.7 cm³/mol. The highest BCUT2D eigenvalue weighted by Crippen LogP contribution is 2.28. The van der Waals surface area contributed by atoms with Crippen molar-refractivity contribution in [3.8, 4) is 5.75 Å². The highest BCUT2D eigenvalue weighted by molar-refractivity contribution is 6.42. The molecule has 2 heterocycles. The molecular weight excluding hydrogens is 347 g/mol. The number of rotatable bonds is 5. The van der Waals surface area contributed by atoms with Crippen molar-refractivity contribution in [2.24, 2.45) is 0 Å². The molecule has 3 rings (SSSR count). The van der Waals surface area contributed by atoms with E-state index in [2.05, 4.69) is 9.88 Å². The van der Waals surface area contributed by atoms with Crippen molar-refractivity contribution in [1.82, 2.24) is 9.88 Å². The molecule has 0 unspecified atom stereocenters. The summed E-state index contributed by atoms with van der Waals surface area (Å²) in [5.74, 6) is 0.748. The van der Waals surface area contributed by atoms with E-state index >= 15 is 0 Å². The van der Waals surface area contributed by atoms with Gasteiger partial charge in [0.1, 0.15) is 11.9 Å². The maximum Gasteiger partial charge on any atom is 0.121 e. The lowest BCUT2D eigenvalue weighted by Gasteiger charge is -2.33. The fraction of sp³-hybridized carbons (Fsp3) is 0.389. The maximum atomic E-state index is 10.3. The number of piperidine rings is 1. The Hall–Kier alpha value is -1.33. The van der Waals surface area contributed by atoms with Gasteiger partial charge in [-0.3, -0.25) is 4.98 Å². The minimum absolute atomic E-state index is 0.161. The minimum Gasteiger partial charge on any atom is -0.490 e. The molecule has 128 valence electrons. The third-order valence-electron chi connectivity index (χ3n) is 4.23. The largest absolute Gasteiger partial charge is 0.490 e. The molecule has 0 spiro atoms. The van der Waals surface area contributed by atoms with Crippen LogP contribution >= 0.6 is 23.2 Å². The first-order valence-electron chi connectivity index (χ1n) is 8.04. The Morgan fingerprint density at radius 1 is 1.21 bits per heavy atom. The van der Waals surface area contributed by atoms with E-state index in [1.807, 2.05) is 18.2 Å². The molecule has 1 aliphatic rings. The Kier molecular flexibility index (Phi) is 5.95. The summed E-state index contributed by atoms with van der Waals surface area (Å²) in [7, 11) is 0. The van der Waals surface area contributed by atoms with Crippen LogP contribution in [0.2, 0.25) is 10.0 Å². The Morgan fingerprint density at radius 3 is 2.67 bits per heavy atom. The molecule has 1 aliphatic heterocycles. The van der Waals surface area contributed by atoms with E-state index in [4.69, 9.17) is 27.9 Å². The smallest absolute Gasteiger partial charge is 0.121 e. The van der Waals surface area contributed by atoms with Crippen LogP contribution in [0, 0.1) is 0 Å². The highest BCUT2D eigenvalue weighted by atomic mass is 35.5. The summed E-state index contributed by atoms with van der Waals surface area (Å²) in [6.45, 7) is 2.40. The summed E-state index contributed by atoms with van der Waals surface area (Å²) in [5.41, 5.74) is 0.853. The second-order valence-electron chi connectivity index (χ2n) is 6.00. The van der Waals surface area contributed by atoms with E-state index in [9.17, 15) is 5.11 Å². The summed E-state index contributed by atoms with van der Waals surface area (Å²) in [6.07, 6.45) is 4.91. The monoisotopic (exact) mass is 366 g/mol. The number of hydrogen-bond donors (Lipinski definition) is 1. The molecule has 0 amide bonds. The SMILES string of the molecule is O[C@H](CN1CCC(Oc2ccc(Cl)c(Cl)c2)CC1)c1cccnc1. The maximum absolute atomic E-state index is 10.3. The van der Waals surface area contributed by atoms with Crippen molar-refractivity contribution < 1.29 is 9.84 Å². The molecule has 6 heteroatoms. The van der Waals surface area contributed by atoms with Gasteiger partial charge in [0.2, 0.25) is 0 Å². The van der Waals surface area contributed by atoms with Gasteiger partial charge in [0, 0.05) is 43.7 Å². The summed E-state index contributed by atoms with van der Waals surface area (Å²) >= 11 is 11.9. The number of halogens is 2. The van der Waals surface area contributed by atoms with Gasteiger partial charge in [0.25, 0.3) is 0 Å². The number of likely N-dealkylation sites (tertiary alicyclic amines) is 1. The topological polar surface area (TPSA) is 45.6 Å². The summed E-state index contributed by atoms with van der Waals surface area (Å²) in [5, 5.41) is 11.3. The van der Waals surface area contributed by atoms with Crippen LogP contribution in [0.15, 0.2) is 42.7 Å². The molecule has 1 saturated heterocycles. The molecule has 1 aromatic heterocycles. The van der Waals surface area contributed by atoms with Gasteiger partial charge < -0.3 is 14.7 Å². The lowest BCUT2D eigenvalue weighted by molar-refractivity contribution is 0.0609. The molecule has 1 fully saturated rings. The molecule has 1 aromatic carbocycles. The minimum atomic E-state index is -0.508. The average molecular weight is 367 g/mol. The molecule has 2 aromatic rings. The van der Waals surface area contributed by atoms with E-state index in [0.29, 0.717) is 16.6 Å². The fourth-order valence-corrected chi connectivity index (χ4v) is 3.16. The van der Waals surface area contributed by atoms with Crippen LogP contribution in [0.5, 0.6) is 5.75 Å². The van der Waals surface area contributed by atoms with Crippen molar-refractivity contribution in [3.63, 3.8) is 0 Å². The van der Waals surface area contributed by atoms with Gasteiger partial charge in [-0.05, 0) is 31.0 Å². The number of pyridine rings is 1. The number of aromatic nitrogens is 1. The number of β-amino-alcohol motifs (C(OH)–C–C–N with tert-alkyl or cyclic N) is 1. The molecule has 0 aliphatic carbocycles. The molecule has 0 radical (unpaired) electrons. The first-order valence-corrected chi connectivity index (χ1v) is 8.79. The highest BCUT2D eigenvalue weighted by Gasteiger charge is 2.23. The van der Waals surface area contributed by atoms with E-state index in [1.165, 1.54) is 0 Å². The summed E-state index contributed by atoms with van der Waals surface area (Å²) in [6, 6.07) is 9.08. The Labute approximate surface area is 152 Å². The van der Waals surface area contributed by atoms with Crippen LogP contribution in [0.1, 0.15) is 24.5 Å². The van der Waals surface area contributed by atoms with Crippen LogP contribution in [-0.4, -0.2) is 40.7 Å². The van der Waals surface area contributed by atoms with Crippen LogP contribution in [0.3, 0.4) is 0 Å². The van der Waals surface area contributed by atoms with E-state index in [-0.39, 0.29) is 6.10 Å². The standard InChI is InChI=1S/C18H20Cl2N2O2/c19-16-4-3-15(10-17(16)20)24-14-5-8-22(9-6-14)12-18(23)13-2-1-7-21-11-13/h1-4,7,10-11,14,18,23H,5-6,8-9,12H2/t18-/m1/s1. The van der Waals surface area contributed by atoms with Crippen molar-refractivity contribution >= 4 is 23.2 Å². The number of ether oxygens (including phenoxy) is 1. The normalized spacial score (nSPS) is 17.6. The number of nitrogens with zero attached hydrogens (tertiary/aromatic N) is 2. The molecule has 4 nitrogen and oxygen atoms in total. The second kappa shape index (κ2) is 8.17. The van der Waals surface area contributed by atoms with Gasteiger partial charge in [0.15, 0.2) is 0 Å². The van der Waals surface area contributed by atoms with Crippen LogP contribution in [0.4, 0.5) is 0 Å².